The summed E-state index contributed by atoms with van der Waals surface area (Å²) in [6.45, 7) is 3.15. The number of carbonyl (C=O) groups excluding carboxylic acids is 2. The highest BCUT2D eigenvalue weighted by molar-refractivity contribution is 5.90. The van der Waals surface area contributed by atoms with E-state index in [0.717, 1.165) is 49.2 Å². The van der Waals surface area contributed by atoms with Crippen molar-refractivity contribution in [3.05, 3.63) is 57.0 Å². The zero-order chi connectivity index (χ0) is 25.8. The summed E-state index contributed by atoms with van der Waals surface area (Å²) in [4.78, 5) is 54.9. The molecule has 2 amide bonds. The summed E-state index contributed by atoms with van der Waals surface area (Å²) in [5.41, 5.74) is 7.20. The van der Waals surface area contributed by atoms with Crippen molar-refractivity contribution < 1.29 is 9.59 Å². The van der Waals surface area contributed by atoms with E-state index in [1.807, 2.05) is 24.3 Å². The Balaban J connectivity index is 1.24. The van der Waals surface area contributed by atoms with Crippen molar-refractivity contribution in [2.75, 3.05) is 25.0 Å². The van der Waals surface area contributed by atoms with Gasteiger partial charge in [-0.05, 0) is 56.5 Å². The summed E-state index contributed by atoms with van der Waals surface area (Å²) in [6, 6.07) is 7.84. The highest BCUT2D eigenvalue weighted by Crippen LogP contribution is 2.18. The quantitative estimate of drug-likeness (QED) is 0.446. The number of likely N-dealkylation sites (tertiary alicyclic amines) is 1. The lowest BCUT2D eigenvalue weighted by Gasteiger charge is -2.30. The van der Waals surface area contributed by atoms with Gasteiger partial charge in [0.2, 0.25) is 11.8 Å². The number of nitrogens with two attached hydrogens (primary N) is 1. The van der Waals surface area contributed by atoms with Gasteiger partial charge in [0, 0.05) is 45.2 Å². The molecular weight excluding hydrogens is 462 g/mol. The fourth-order valence-corrected chi connectivity index (χ4v) is 4.68. The fraction of sp³-hybridized carbons (Fsp3) is 0.480. The molecule has 0 aliphatic carbocycles. The molecule has 0 spiro atoms. The monoisotopic (exact) mass is 495 g/mol. The number of imidazole rings is 1. The van der Waals surface area contributed by atoms with Gasteiger partial charge in [0.1, 0.15) is 0 Å². The summed E-state index contributed by atoms with van der Waals surface area (Å²) in [6.07, 6.45) is 4.89. The molecular formula is C25H33N7O4. The zero-order valence-corrected chi connectivity index (χ0v) is 20.8. The Morgan fingerprint density at radius 1 is 1.06 bits per heavy atom. The van der Waals surface area contributed by atoms with Crippen LogP contribution in [0, 0.1) is 5.92 Å². The Morgan fingerprint density at radius 3 is 2.42 bits per heavy atom. The van der Waals surface area contributed by atoms with E-state index in [1.54, 1.807) is 11.6 Å². The first-order valence-electron chi connectivity index (χ1n) is 12.3. The number of fused-ring (bicyclic) bond motifs is 1. The number of aromatic nitrogens is 4. The van der Waals surface area contributed by atoms with Crippen LogP contribution in [0.25, 0.3) is 11.2 Å². The molecule has 192 valence electrons. The molecule has 2 aromatic heterocycles. The maximum Gasteiger partial charge on any atom is 0.332 e. The molecule has 1 saturated heterocycles. The lowest BCUT2D eigenvalue weighted by atomic mass is 9.96. The van der Waals surface area contributed by atoms with Crippen LogP contribution < -0.4 is 22.3 Å². The van der Waals surface area contributed by atoms with Crippen molar-refractivity contribution in [1.29, 1.82) is 0 Å². The van der Waals surface area contributed by atoms with Crippen LogP contribution in [0.4, 0.5) is 5.69 Å². The molecule has 0 unspecified atom stereocenters. The van der Waals surface area contributed by atoms with Crippen molar-refractivity contribution >= 4 is 28.7 Å². The van der Waals surface area contributed by atoms with Crippen LogP contribution in [0.2, 0.25) is 0 Å². The van der Waals surface area contributed by atoms with Gasteiger partial charge in [-0.1, -0.05) is 12.1 Å². The van der Waals surface area contributed by atoms with E-state index in [0.29, 0.717) is 24.1 Å². The van der Waals surface area contributed by atoms with Crippen molar-refractivity contribution in [2.45, 2.75) is 38.6 Å². The van der Waals surface area contributed by atoms with E-state index in [4.69, 9.17) is 5.73 Å². The number of amides is 2. The molecule has 4 rings (SSSR count). The van der Waals surface area contributed by atoms with Gasteiger partial charge in [0.25, 0.3) is 5.56 Å². The topological polar surface area (TPSA) is 137 Å². The van der Waals surface area contributed by atoms with Gasteiger partial charge in [-0.2, -0.15) is 0 Å². The largest absolute Gasteiger partial charge is 0.369 e. The van der Waals surface area contributed by atoms with Gasteiger partial charge in [0.15, 0.2) is 11.2 Å². The molecule has 1 aromatic carbocycles. The number of benzene rings is 1. The Bertz CT molecular complexity index is 1360. The summed E-state index contributed by atoms with van der Waals surface area (Å²) in [5, 5.41) is 2.92. The van der Waals surface area contributed by atoms with Gasteiger partial charge in [-0.3, -0.25) is 23.5 Å². The van der Waals surface area contributed by atoms with Crippen LogP contribution in [-0.2, 0) is 36.6 Å². The molecule has 1 aliphatic rings. The Labute approximate surface area is 208 Å². The maximum atomic E-state index is 12.5. The molecule has 1 fully saturated rings. The molecule has 0 bridgehead atoms. The van der Waals surface area contributed by atoms with Gasteiger partial charge in [-0.25, -0.2) is 9.78 Å². The van der Waals surface area contributed by atoms with Gasteiger partial charge in [-0.15, -0.1) is 0 Å². The third kappa shape index (κ3) is 5.56. The number of hydrogen-bond donors (Lipinski definition) is 2. The SMILES string of the molecule is Cn1c(=O)c2c(ncn2CCCC(=O)Nc2ccc(CCN3CCC(C(N)=O)CC3)cc2)n(C)c1=O. The maximum absolute atomic E-state index is 12.5. The van der Waals surface area contributed by atoms with Crippen molar-refractivity contribution in [3.8, 4) is 0 Å². The summed E-state index contributed by atoms with van der Waals surface area (Å²) < 4.78 is 4.09. The summed E-state index contributed by atoms with van der Waals surface area (Å²) in [5.74, 6) is -0.294. The first kappa shape index (κ1) is 25.4. The van der Waals surface area contributed by atoms with Crippen LogP contribution in [0.3, 0.4) is 0 Å². The summed E-state index contributed by atoms with van der Waals surface area (Å²) >= 11 is 0. The van der Waals surface area contributed by atoms with Crippen LogP contribution in [0.5, 0.6) is 0 Å². The molecule has 0 radical (unpaired) electrons. The minimum atomic E-state index is -0.423. The average molecular weight is 496 g/mol. The predicted octanol–water partition coefficient (Wildman–Crippen LogP) is 0.592. The number of anilines is 1. The van der Waals surface area contributed by atoms with E-state index in [-0.39, 0.29) is 24.2 Å². The number of carbonyl (C=O) groups is 2. The van der Waals surface area contributed by atoms with Gasteiger partial charge < -0.3 is 20.5 Å². The van der Waals surface area contributed by atoms with Gasteiger partial charge >= 0.3 is 5.69 Å². The number of nitrogens with one attached hydrogen (secondary N) is 1. The van der Waals surface area contributed by atoms with Crippen molar-refractivity contribution in [3.63, 3.8) is 0 Å². The molecule has 11 heteroatoms. The summed E-state index contributed by atoms with van der Waals surface area (Å²) in [7, 11) is 3.02. The first-order valence-corrected chi connectivity index (χ1v) is 12.3. The fourth-order valence-electron chi connectivity index (χ4n) is 4.68. The Kier molecular flexibility index (Phi) is 7.68. The molecule has 0 saturated carbocycles. The van der Waals surface area contributed by atoms with E-state index in [1.165, 1.54) is 23.5 Å². The van der Waals surface area contributed by atoms with Crippen molar-refractivity contribution in [2.24, 2.45) is 25.7 Å². The number of primary amides is 1. The van der Waals surface area contributed by atoms with E-state index in [9.17, 15) is 19.2 Å². The molecule has 3 N–H and O–H groups in total. The number of hydrogen-bond acceptors (Lipinski definition) is 6. The number of nitrogens with zero attached hydrogens (tertiary/aromatic N) is 5. The van der Waals surface area contributed by atoms with Crippen LogP contribution >= 0.6 is 0 Å². The molecule has 11 nitrogen and oxygen atoms in total. The van der Waals surface area contributed by atoms with Gasteiger partial charge in [0.05, 0.1) is 6.33 Å². The predicted molar refractivity (Wildman–Crippen MR) is 137 cm³/mol. The second-order valence-corrected chi connectivity index (χ2v) is 9.43. The van der Waals surface area contributed by atoms with E-state index >= 15 is 0 Å². The number of aryl methyl sites for hydroxylation is 2. The second kappa shape index (κ2) is 10.9. The molecule has 0 atom stereocenters. The standard InChI is InChI=1S/C25H33N7O4/c1-29-23-21(24(35)30(2)25(29)36)32(16-27-23)12-3-4-20(33)28-19-7-5-17(6-8-19)9-13-31-14-10-18(11-15-31)22(26)34/h5-8,16,18H,3-4,9-15H2,1-2H3,(H2,26,34)(H,28,33). The van der Waals surface area contributed by atoms with E-state index < -0.39 is 11.2 Å². The Hall–Kier alpha value is -3.73. The zero-order valence-electron chi connectivity index (χ0n) is 20.8. The van der Waals surface area contributed by atoms with E-state index in [2.05, 4.69) is 15.2 Å². The molecule has 36 heavy (non-hydrogen) atoms. The van der Waals surface area contributed by atoms with Crippen LogP contribution in [0.15, 0.2) is 40.2 Å². The second-order valence-electron chi connectivity index (χ2n) is 9.43. The van der Waals surface area contributed by atoms with Crippen LogP contribution in [-0.4, -0.2) is 55.0 Å². The minimum absolute atomic E-state index is 0.00557. The molecule has 3 heterocycles. The average Bonchev–Trinajstić information content (AvgIpc) is 3.30. The lowest BCUT2D eigenvalue weighted by Crippen LogP contribution is -2.39. The number of rotatable bonds is 9. The van der Waals surface area contributed by atoms with Crippen molar-refractivity contribution in [1.82, 2.24) is 23.6 Å². The van der Waals surface area contributed by atoms with Crippen LogP contribution in [0.1, 0.15) is 31.2 Å². The minimum Gasteiger partial charge on any atom is -0.369 e. The normalized spacial score (nSPS) is 14.8. The highest BCUT2D eigenvalue weighted by Gasteiger charge is 2.22. The molecule has 3 aromatic rings. The third-order valence-electron chi connectivity index (χ3n) is 6.96. The lowest BCUT2D eigenvalue weighted by molar-refractivity contribution is -0.123. The highest BCUT2D eigenvalue weighted by atomic mass is 16.2. The third-order valence-corrected chi connectivity index (χ3v) is 6.96. The first-order chi connectivity index (χ1) is 17.2. The Morgan fingerprint density at radius 2 is 1.75 bits per heavy atom. The smallest absolute Gasteiger partial charge is 0.332 e. The molecule has 1 aliphatic heterocycles. The number of piperidine rings is 1.